The van der Waals surface area contributed by atoms with Crippen LogP contribution in [0.15, 0.2) is 4.99 Å². The van der Waals surface area contributed by atoms with Crippen LogP contribution in [0.2, 0.25) is 0 Å². The Balaban J connectivity index is 3.63. The fraction of sp³-hybridized carbons (Fsp3) is 0.833. The summed E-state index contributed by atoms with van der Waals surface area (Å²) in [4.78, 5) is 3.89. The zero-order chi connectivity index (χ0) is 6.57. The van der Waals surface area contributed by atoms with E-state index in [0.29, 0.717) is 12.0 Å². The normalized spacial score (nSPS) is 13.0. The topological polar surface area (TPSA) is 12.4 Å². The quantitative estimate of drug-likeness (QED) is 0.411. The number of thiocarbonyl (C=S) groups is 1. The molecule has 0 spiro atoms. The zero-order valence-corrected chi connectivity index (χ0v) is 6.33. The summed E-state index contributed by atoms with van der Waals surface area (Å²) in [6.07, 6.45) is 0. The van der Waals surface area contributed by atoms with E-state index in [1.807, 2.05) is 6.92 Å². The summed E-state index contributed by atoms with van der Waals surface area (Å²) >= 11 is 4.43. The molecule has 8 heavy (non-hydrogen) atoms. The van der Waals surface area contributed by atoms with Gasteiger partial charge in [0.25, 0.3) is 0 Å². The molecule has 0 aliphatic rings. The van der Waals surface area contributed by atoms with E-state index < -0.39 is 0 Å². The van der Waals surface area contributed by atoms with Crippen molar-refractivity contribution in [3.05, 3.63) is 0 Å². The molecule has 0 saturated heterocycles. The lowest BCUT2D eigenvalue weighted by Gasteiger charge is -2.05. The lowest BCUT2D eigenvalue weighted by Crippen LogP contribution is -2.05. The van der Waals surface area contributed by atoms with Gasteiger partial charge < -0.3 is 0 Å². The van der Waals surface area contributed by atoms with Crippen molar-refractivity contribution in [1.82, 2.24) is 0 Å². The van der Waals surface area contributed by atoms with E-state index in [4.69, 9.17) is 0 Å². The molecular weight excluding hydrogens is 118 g/mol. The van der Waals surface area contributed by atoms with Gasteiger partial charge in [-0.25, -0.2) is 4.99 Å². The molecule has 0 aromatic rings. The van der Waals surface area contributed by atoms with Crippen LogP contribution in [0.3, 0.4) is 0 Å². The van der Waals surface area contributed by atoms with Gasteiger partial charge in [0, 0.05) is 0 Å². The molecule has 0 aliphatic heterocycles. The fourth-order valence-corrected chi connectivity index (χ4v) is 0.398. The molecule has 0 rings (SSSR count). The Morgan fingerprint density at radius 3 is 2.00 bits per heavy atom. The molecule has 1 nitrogen and oxygen atoms in total. The lowest BCUT2D eigenvalue weighted by atomic mass is 10.1. The maximum Gasteiger partial charge on any atom is 0.0597 e. The second-order valence-corrected chi connectivity index (χ2v) is 2.39. The van der Waals surface area contributed by atoms with E-state index in [2.05, 4.69) is 36.2 Å². The van der Waals surface area contributed by atoms with E-state index in [1.165, 1.54) is 0 Å². The van der Waals surface area contributed by atoms with Crippen LogP contribution in [-0.4, -0.2) is 11.2 Å². The molecule has 0 heterocycles. The Morgan fingerprint density at radius 1 is 1.38 bits per heavy atom. The molecule has 0 fully saturated rings. The van der Waals surface area contributed by atoms with Gasteiger partial charge in [0.2, 0.25) is 0 Å². The standard InChI is InChI=1S/C6H11NS/c1-5(2)6(3)7-4-8/h5-6H,1-3H3/t6-/m1/s1. The Bertz CT molecular complexity index is 103. The van der Waals surface area contributed by atoms with Crippen molar-refractivity contribution in [1.29, 1.82) is 0 Å². The predicted molar refractivity (Wildman–Crippen MR) is 39.3 cm³/mol. The average molecular weight is 129 g/mol. The molecule has 0 aliphatic carbocycles. The maximum atomic E-state index is 4.43. The van der Waals surface area contributed by atoms with Gasteiger partial charge in [0.05, 0.1) is 11.2 Å². The van der Waals surface area contributed by atoms with Crippen molar-refractivity contribution < 1.29 is 0 Å². The third-order valence-corrected chi connectivity index (χ3v) is 1.33. The first kappa shape index (κ1) is 7.80. The Kier molecular flexibility index (Phi) is 3.67. The third kappa shape index (κ3) is 2.89. The van der Waals surface area contributed by atoms with E-state index in [0.717, 1.165) is 0 Å². The Hall–Kier alpha value is -0.200. The molecule has 2 heteroatoms. The van der Waals surface area contributed by atoms with Gasteiger partial charge in [-0.15, -0.1) is 0 Å². The highest BCUT2D eigenvalue weighted by molar-refractivity contribution is 7.78. The van der Waals surface area contributed by atoms with Gasteiger partial charge in [-0.2, -0.15) is 0 Å². The second kappa shape index (κ2) is 3.76. The highest BCUT2D eigenvalue weighted by Crippen LogP contribution is 2.02. The summed E-state index contributed by atoms with van der Waals surface area (Å²) in [5.41, 5.74) is 0. The van der Waals surface area contributed by atoms with E-state index in [9.17, 15) is 0 Å². The molecule has 1 atom stereocenters. The van der Waals surface area contributed by atoms with Crippen molar-refractivity contribution in [3.63, 3.8) is 0 Å². The van der Waals surface area contributed by atoms with Gasteiger partial charge in [-0.05, 0) is 25.1 Å². The van der Waals surface area contributed by atoms with Crippen molar-refractivity contribution >= 4 is 17.4 Å². The SMILES string of the molecule is CC(C)[C@@H](C)N=C=S. The monoisotopic (exact) mass is 129 g/mol. The van der Waals surface area contributed by atoms with Crippen molar-refractivity contribution in [3.8, 4) is 0 Å². The molecule has 0 unspecified atom stereocenters. The van der Waals surface area contributed by atoms with Crippen LogP contribution < -0.4 is 0 Å². The number of hydrogen-bond acceptors (Lipinski definition) is 2. The predicted octanol–water partition coefficient (Wildman–Crippen LogP) is 2.13. The number of rotatable bonds is 2. The van der Waals surface area contributed by atoms with E-state index >= 15 is 0 Å². The first-order valence-electron chi connectivity index (χ1n) is 2.75. The van der Waals surface area contributed by atoms with Crippen molar-refractivity contribution in [2.24, 2.45) is 10.9 Å². The minimum atomic E-state index is 0.326. The van der Waals surface area contributed by atoms with Crippen LogP contribution in [-0.2, 0) is 0 Å². The van der Waals surface area contributed by atoms with Crippen LogP contribution in [0.25, 0.3) is 0 Å². The van der Waals surface area contributed by atoms with Crippen LogP contribution in [0, 0.1) is 5.92 Å². The summed E-state index contributed by atoms with van der Waals surface area (Å²) in [5.74, 6) is 0.574. The number of nitrogens with zero attached hydrogens (tertiary/aromatic N) is 1. The molecular formula is C6H11NS. The lowest BCUT2D eigenvalue weighted by molar-refractivity contribution is 0.534. The van der Waals surface area contributed by atoms with Crippen LogP contribution >= 0.6 is 12.2 Å². The third-order valence-electron chi connectivity index (χ3n) is 1.22. The van der Waals surface area contributed by atoms with Crippen LogP contribution in [0.1, 0.15) is 20.8 Å². The van der Waals surface area contributed by atoms with Crippen LogP contribution in [0.4, 0.5) is 0 Å². The molecule has 0 radical (unpaired) electrons. The average Bonchev–Trinajstić information content (AvgIpc) is 1.67. The van der Waals surface area contributed by atoms with Gasteiger partial charge in [-0.1, -0.05) is 13.8 Å². The molecule has 0 aromatic heterocycles. The first-order valence-corrected chi connectivity index (χ1v) is 3.16. The van der Waals surface area contributed by atoms with Gasteiger partial charge in [0.1, 0.15) is 0 Å². The van der Waals surface area contributed by atoms with E-state index in [-0.39, 0.29) is 0 Å². The minimum absolute atomic E-state index is 0.326. The van der Waals surface area contributed by atoms with E-state index in [1.54, 1.807) is 0 Å². The summed E-state index contributed by atoms with van der Waals surface area (Å²) < 4.78 is 0. The summed E-state index contributed by atoms with van der Waals surface area (Å²) in [6, 6.07) is 0.326. The second-order valence-electron chi connectivity index (χ2n) is 2.21. The molecule has 0 bridgehead atoms. The van der Waals surface area contributed by atoms with Crippen LogP contribution in [0.5, 0.6) is 0 Å². The molecule has 46 valence electrons. The minimum Gasteiger partial charge on any atom is -0.229 e. The largest absolute Gasteiger partial charge is 0.229 e. The molecule has 0 N–H and O–H groups in total. The van der Waals surface area contributed by atoms with Crippen molar-refractivity contribution in [2.45, 2.75) is 26.8 Å². The fourth-order valence-electron chi connectivity index (χ4n) is 0.232. The van der Waals surface area contributed by atoms with Gasteiger partial charge >= 0.3 is 0 Å². The highest BCUT2D eigenvalue weighted by Gasteiger charge is 2.01. The molecule has 0 aromatic carbocycles. The number of isothiocyanates is 1. The van der Waals surface area contributed by atoms with Crippen molar-refractivity contribution in [2.75, 3.05) is 0 Å². The summed E-state index contributed by atoms with van der Waals surface area (Å²) in [7, 11) is 0. The maximum absolute atomic E-state index is 4.43. The molecule has 0 amide bonds. The highest BCUT2D eigenvalue weighted by atomic mass is 32.1. The van der Waals surface area contributed by atoms with Gasteiger partial charge in [0.15, 0.2) is 0 Å². The molecule has 0 saturated carbocycles. The smallest absolute Gasteiger partial charge is 0.0597 e. The Morgan fingerprint density at radius 2 is 1.88 bits per heavy atom. The van der Waals surface area contributed by atoms with Gasteiger partial charge in [-0.3, -0.25) is 0 Å². The Labute approximate surface area is 55.8 Å². The summed E-state index contributed by atoms with van der Waals surface area (Å²) in [5, 5.41) is 2.36. The number of hydrogen-bond donors (Lipinski definition) is 0. The summed E-state index contributed by atoms with van der Waals surface area (Å²) in [6.45, 7) is 6.26. The number of aliphatic imine (C=N–C) groups is 1. The first-order chi connectivity index (χ1) is 3.68. The zero-order valence-electron chi connectivity index (χ0n) is 5.51.